The van der Waals surface area contributed by atoms with E-state index in [1.807, 2.05) is 6.07 Å². The predicted molar refractivity (Wildman–Crippen MR) is 77.6 cm³/mol. The minimum absolute atomic E-state index is 0.0750. The lowest BCUT2D eigenvalue weighted by molar-refractivity contribution is 0.580. The molecule has 3 rings (SSSR count). The summed E-state index contributed by atoms with van der Waals surface area (Å²) in [5.41, 5.74) is 2.56. The van der Waals surface area contributed by atoms with Gasteiger partial charge in [-0.05, 0) is 24.1 Å². The number of aromatic amines is 1. The molecule has 0 saturated carbocycles. The number of aromatic nitrogens is 1. The number of fused-ring (bicyclic) bond motifs is 1. The molecule has 0 spiro atoms. The second-order valence-electron chi connectivity index (χ2n) is 4.49. The van der Waals surface area contributed by atoms with Gasteiger partial charge in [-0.1, -0.05) is 17.4 Å². The molecule has 8 heteroatoms. The largest absolute Gasteiger partial charge is 0.384 e. The van der Waals surface area contributed by atoms with Crippen molar-refractivity contribution in [1.29, 1.82) is 0 Å². The first kappa shape index (κ1) is 13.3. The summed E-state index contributed by atoms with van der Waals surface area (Å²) in [5, 5.41) is 4.76. The SMILES string of the molecule is O=c1[nH]c(CNS(=O)(=O)c2ccc3c(c2)NCC3)cs1. The molecule has 1 aliphatic rings. The molecule has 0 aliphatic carbocycles. The molecular formula is C12H13N3O3S2. The summed E-state index contributed by atoms with van der Waals surface area (Å²) in [6.07, 6.45) is 0.916. The van der Waals surface area contributed by atoms with Crippen molar-refractivity contribution < 1.29 is 8.42 Å². The Hall–Kier alpha value is -1.64. The quantitative estimate of drug-likeness (QED) is 0.782. The van der Waals surface area contributed by atoms with Crippen molar-refractivity contribution in [2.24, 2.45) is 0 Å². The van der Waals surface area contributed by atoms with E-state index in [2.05, 4.69) is 15.0 Å². The number of rotatable bonds is 4. The van der Waals surface area contributed by atoms with Crippen LogP contribution in [0, 0.1) is 0 Å². The second-order valence-corrected chi connectivity index (χ2v) is 7.10. The first-order chi connectivity index (χ1) is 9.54. The van der Waals surface area contributed by atoms with Crippen LogP contribution in [0.3, 0.4) is 0 Å². The third-order valence-electron chi connectivity index (χ3n) is 3.12. The van der Waals surface area contributed by atoms with Gasteiger partial charge in [-0.3, -0.25) is 4.79 Å². The molecule has 0 amide bonds. The van der Waals surface area contributed by atoms with E-state index in [4.69, 9.17) is 0 Å². The summed E-state index contributed by atoms with van der Waals surface area (Å²) in [6.45, 7) is 0.911. The molecule has 1 aromatic carbocycles. The molecule has 20 heavy (non-hydrogen) atoms. The Balaban J connectivity index is 1.79. The highest BCUT2D eigenvalue weighted by molar-refractivity contribution is 7.89. The highest BCUT2D eigenvalue weighted by Crippen LogP contribution is 2.25. The zero-order valence-corrected chi connectivity index (χ0v) is 12.1. The van der Waals surface area contributed by atoms with E-state index in [1.54, 1.807) is 17.5 Å². The number of hydrogen-bond acceptors (Lipinski definition) is 5. The van der Waals surface area contributed by atoms with Crippen LogP contribution in [0.1, 0.15) is 11.3 Å². The second kappa shape index (κ2) is 5.04. The van der Waals surface area contributed by atoms with E-state index in [0.717, 1.165) is 35.6 Å². The Morgan fingerprint density at radius 3 is 2.95 bits per heavy atom. The number of hydrogen-bond donors (Lipinski definition) is 3. The van der Waals surface area contributed by atoms with E-state index >= 15 is 0 Å². The molecular weight excluding hydrogens is 298 g/mol. The van der Waals surface area contributed by atoms with Crippen LogP contribution in [-0.2, 0) is 23.0 Å². The van der Waals surface area contributed by atoms with Crippen molar-refractivity contribution in [2.45, 2.75) is 17.9 Å². The van der Waals surface area contributed by atoms with Crippen LogP contribution in [0.25, 0.3) is 0 Å². The summed E-state index contributed by atoms with van der Waals surface area (Å²) >= 11 is 1.01. The summed E-state index contributed by atoms with van der Waals surface area (Å²) in [4.78, 5) is 13.6. The third-order valence-corrected chi connectivity index (χ3v) is 5.24. The molecule has 2 heterocycles. The predicted octanol–water partition coefficient (Wildman–Crippen LogP) is 0.883. The van der Waals surface area contributed by atoms with Crippen LogP contribution in [0.4, 0.5) is 5.69 Å². The van der Waals surface area contributed by atoms with Crippen LogP contribution < -0.4 is 14.9 Å². The van der Waals surface area contributed by atoms with Crippen LogP contribution in [0.2, 0.25) is 0 Å². The highest BCUT2D eigenvalue weighted by Gasteiger charge is 2.18. The van der Waals surface area contributed by atoms with Gasteiger partial charge < -0.3 is 10.3 Å². The normalized spacial score (nSPS) is 14.0. The van der Waals surface area contributed by atoms with E-state index in [0.29, 0.717) is 5.69 Å². The maximum atomic E-state index is 12.2. The first-order valence-electron chi connectivity index (χ1n) is 6.08. The Kier molecular flexibility index (Phi) is 3.36. The molecule has 3 N–H and O–H groups in total. The van der Waals surface area contributed by atoms with Gasteiger partial charge in [0.25, 0.3) is 0 Å². The van der Waals surface area contributed by atoms with Crippen molar-refractivity contribution in [1.82, 2.24) is 9.71 Å². The molecule has 6 nitrogen and oxygen atoms in total. The summed E-state index contributed by atoms with van der Waals surface area (Å²) < 4.78 is 26.8. The lowest BCUT2D eigenvalue weighted by Crippen LogP contribution is -2.23. The highest BCUT2D eigenvalue weighted by atomic mass is 32.2. The Labute approximate surface area is 119 Å². The van der Waals surface area contributed by atoms with E-state index in [1.165, 1.54) is 0 Å². The number of nitrogens with one attached hydrogen (secondary N) is 3. The van der Waals surface area contributed by atoms with Gasteiger partial charge in [0.15, 0.2) is 0 Å². The summed E-state index contributed by atoms with van der Waals surface area (Å²) in [7, 11) is -3.58. The lowest BCUT2D eigenvalue weighted by atomic mass is 10.2. The van der Waals surface area contributed by atoms with Gasteiger partial charge in [0, 0.05) is 23.3 Å². The van der Waals surface area contributed by atoms with Crippen molar-refractivity contribution in [2.75, 3.05) is 11.9 Å². The van der Waals surface area contributed by atoms with Crippen LogP contribution in [0.15, 0.2) is 33.3 Å². The number of benzene rings is 1. The standard InChI is InChI=1S/C12H13N3O3S2/c16-12-15-9(7-19-12)6-14-20(17,18)10-2-1-8-3-4-13-11(8)5-10/h1-2,5,7,13-14H,3-4,6H2,(H,15,16). The van der Waals surface area contributed by atoms with Gasteiger partial charge in [0.05, 0.1) is 11.4 Å². The minimum atomic E-state index is -3.58. The fourth-order valence-corrected chi connectivity index (χ4v) is 3.71. The lowest BCUT2D eigenvalue weighted by Gasteiger charge is -2.07. The van der Waals surface area contributed by atoms with E-state index in [-0.39, 0.29) is 16.3 Å². The molecule has 0 fully saturated rings. The van der Waals surface area contributed by atoms with Crippen molar-refractivity contribution in [3.8, 4) is 0 Å². The maximum Gasteiger partial charge on any atom is 0.304 e. The van der Waals surface area contributed by atoms with Gasteiger partial charge in [0.2, 0.25) is 10.0 Å². The average Bonchev–Trinajstić information content (AvgIpc) is 3.04. The average molecular weight is 311 g/mol. The molecule has 0 unspecified atom stereocenters. The molecule has 0 saturated heterocycles. The number of thiazole rings is 1. The van der Waals surface area contributed by atoms with Gasteiger partial charge in [-0.15, -0.1) is 0 Å². The summed E-state index contributed by atoms with van der Waals surface area (Å²) in [6, 6.07) is 5.07. The van der Waals surface area contributed by atoms with Crippen molar-refractivity contribution in [3.05, 3.63) is 44.5 Å². The third kappa shape index (κ3) is 2.62. The molecule has 1 aliphatic heterocycles. The topological polar surface area (TPSA) is 91.1 Å². The molecule has 2 aromatic rings. The first-order valence-corrected chi connectivity index (χ1v) is 8.44. The molecule has 0 atom stereocenters. The van der Waals surface area contributed by atoms with Crippen molar-refractivity contribution >= 4 is 27.0 Å². The molecule has 106 valence electrons. The number of H-pyrrole nitrogens is 1. The van der Waals surface area contributed by atoms with Gasteiger partial charge >= 0.3 is 4.87 Å². The molecule has 1 aromatic heterocycles. The van der Waals surface area contributed by atoms with Gasteiger partial charge in [-0.25, -0.2) is 13.1 Å². The Morgan fingerprint density at radius 1 is 1.35 bits per heavy atom. The number of sulfonamides is 1. The van der Waals surface area contributed by atoms with Gasteiger partial charge in [-0.2, -0.15) is 0 Å². The molecule has 0 bridgehead atoms. The minimum Gasteiger partial charge on any atom is -0.384 e. The Bertz CT molecular complexity index is 792. The zero-order chi connectivity index (χ0) is 14.2. The summed E-state index contributed by atoms with van der Waals surface area (Å²) in [5.74, 6) is 0. The fourth-order valence-electron chi connectivity index (χ4n) is 2.09. The van der Waals surface area contributed by atoms with E-state index in [9.17, 15) is 13.2 Å². The fraction of sp³-hybridized carbons (Fsp3) is 0.250. The van der Waals surface area contributed by atoms with E-state index < -0.39 is 10.0 Å². The maximum absolute atomic E-state index is 12.2. The van der Waals surface area contributed by atoms with Crippen LogP contribution in [-0.4, -0.2) is 19.9 Å². The smallest absolute Gasteiger partial charge is 0.304 e. The van der Waals surface area contributed by atoms with Gasteiger partial charge in [0.1, 0.15) is 0 Å². The van der Waals surface area contributed by atoms with Crippen LogP contribution >= 0.6 is 11.3 Å². The monoisotopic (exact) mass is 311 g/mol. The zero-order valence-electron chi connectivity index (χ0n) is 10.5. The Morgan fingerprint density at radius 2 is 2.20 bits per heavy atom. The molecule has 0 radical (unpaired) electrons. The number of anilines is 1. The van der Waals surface area contributed by atoms with Crippen molar-refractivity contribution in [3.63, 3.8) is 0 Å². The van der Waals surface area contributed by atoms with Crippen LogP contribution in [0.5, 0.6) is 0 Å².